The van der Waals surface area contributed by atoms with E-state index in [0.717, 1.165) is 0 Å². The first-order valence-corrected chi connectivity index (χ1v) is 7.10. The van der Waals surface area contributed by atoms with Crippen LogP contribution in [0.3, 0.4) is 0 Å². The van der Waals surface area contributed by atoms with E-state index in [0.29, 0.717) is 10.7 Å². The van der Waals surface area contributed by atoms with Crippen LogP contribution in [0, 0.1) is 0 Å². The highest BCUT2D eigenvalue weighted by Crippen LogP contribution is 2.23. The Balaban J connectivity index is 3.30. The Labute approximate surface area is 111 Å². The van der Waals surface area contributed by atoms with Gasteiger partial charge in [0.25, 0.3) is 0 Å². The van der Waals surface area contributed by atoms with Crippen molar-refractivity contribution < 1.29 is 27.8 Å². The second kappa shape index (κ2) is 5.91. The maximum Gasteiger partial charge on any atom is 0.350 e. The number of aliphatic imine (C=N–C) groups is 1. The molecule has 9 heteroatoms. The van der Waals surface area contributed by atoms with Crippen molar-refractivity contribution >= 4 is 21.9 Å². The highest BCUT2D eigenvalue weighted by atomic mass is 32.2. The number of carbonyl (C=O) groups is 1. The summed E-state index contributed by atoms with van der Waals surface area (Å²) in [5.74, 6) is -1.74. The van der Waals surface area contributed by atoms with Gasteiger partial charge in [-0.1, -0.05) is 6.92 Å². The number of ether oxygens (including phenoxy) is 2. The molecule has 0 saturated carbocycles. The third kappa shape index (κ3) is 3.16. The van der Waals surface area contributed by atoms with Crippen molar-refractivity contribution in [1.29, 1.82) is 0 Å². The van der Waals surface area contributed by atoms with Gasteiger partial charge >= 0.3 is 5.97 Å². The van der Waals surface area contributed by atoms with Crippen molar-refractivity contribution in [3.8, 4) is 0 Å². The second-order valence-electron chi connectivity index (χ2n) is 3.68. The number of hydrogen-bond acceptors (Lipinski definition) is 6. The highest BCUT2D eigenvalue weighted by Gasteiger charge is 2.39. The Hall–Kier alpha value is -1.77. The number of carboxylic acid groups (broad SMARTS) is 1. The molecular weight excluding hydrogens is 276 g/mol. The minimum atomic E-state index is -3.82. The largest absolute Gasteiger partial charge is 0.482 e. The van der Waals surface area contributed by atoms with Gasteiger partial charge < -0.3 is 14.6 Å². The molecule has 1 heterocycles. The Bertz CT molecular complexity index is 510. The summed E-state index contributed by atoms with van der Waals surface area (Å²) >= 11 is 0. The molecule has 1 aliphatic rings. The van der Waals surface area contributed by atoms with E-state index in [1.165, 1.54) is 20.3 Å². The van der Waals surface area contributed by atoms with Gasteiger partial charge in [0.15, 0.2) is 0 Å². The van der Waals surface area contributed by atoms with E-state index >= 15 is 0 Å². The summed E-state index contributed by atoms with van der Waals surface area (Å²) in [5.41, 5.74) is 0. The first-order chi connectivity index (χ1) is 8.87. The zero-order valence-corrected chi connectivity index (χ0v) is 11.7. The Kier molecular flexibility index (Phi) is 4.76. The lowest BCUT2D eigenvalue weighted by Crippen LogP contribution is -2.47. The fourth-order valence-corrected chi connectivity index (χ4v) is 3.12. The van der Waals surface area contributed by atoms with Crippen molar-refractivity contribution in [3.05, 3.63) is 12.0 Å². The number of rotatable bonds is 5. The minimum absolute atomic E-state index is 0.00722. The summed E-state index contributed by atoms with van der Waals surface area (Å²) < 4.78 is 34.6. The molecule has 0 amide bonds. The number of methoxy groups -OCH3 is 2. The van der Waals surface area contributed by atoms with E-state index in [2.05, 4.69) is 4.99 Å². The van der Waals surface area contributed by atoms with Gasteiger partial charge in [-0.15, -0.1) is 0 Å². The van der Waals surface area contributed by atoms with Crippen molar-refractivity contribution in [2.24, 2.45) is 4.99 Å². The molecule has 0 aliphatic carbocycles. The molecule has 1 aliphatic heterocycles. The Morgan fingerprint density at radius 2 is 2.11 bits per heavy atom. The van der Waals surface area contributed by atoms with Crippen LogP contribution in [0.25, 0.3) is 0 Å². The third-order valence-corrected chi connectivity index (χ3v) is 4.24. The van der Waals surface area contributed by atoms with Crippen LogP contribution in [0.4, 0.5) is 0 Å². The van der Waals surface area contributed by atoms with Gasteiger partial charge in [-0.25, -0.2) is 22.5 Å². The van der Waals surface area contributed by atoms with Crippen molar-refractivity contribution in [1.82, 2.24) is 4.31 Å². The van der Waals surface area contributed by atoms with Crippen molar-refractivity contribution in [2.75, 3.05) is 20.0 Å². The van der Waals surface area contributed by atoms with Crippen LogP contribution >= 0.6 is 0 Å². The van der Waals surface area contributed by atoms with Gasteiger partial charge in [-0.3, -0.25) is 0 Å². The molecule has 1 atom stereocenters. The van der Waals surface area contributed by atoms with E-state index in [-0.39, 0.29) is 17.5 Å². The number of nitrogens with zero attached hydrogens (tertiary/aromatic N) is 2. The average Bonchev–Trinajstić information content (AvgIpc) is 2.36. The lowest BCUT2D eigenvalue weighted by atomic mass is 10.4. The van der Waals surface area contributed by atoms with E-state index in [9.17, 15) is 13.2 Å². The quantitative estimate of drug-likeness (QED) is 0.763. The zero-order chi connectivity index (χ0) is 14.6. The molecule has 1 unspecified atom stereocenters. The van der Waals surface area contributed by atoms with Crippen LogP contribution < -0.4 is 0 Å². The average molecular weight is 292 g/mol. The highest BCUT2D eigenvalue weighted by molar-refractivity contribution is 7.89. The maximum absolute atomic E-state index is 12.1. The van der Waals surface area contributed by atoms with Crippen molar-refractivity contribution in [2.45, 2.75) is 19.5 Å². The first kappa shape index (κ1) is 15.3. The predicted molar refractivity (Wildman–Crippen MR) is 66.9 cm³/mol. The summed E-state index contributed by atoms with van der Waals surface area (Å²) in [6.45, 7) is 1.68. The SMILES string of the molecule is CCCS(=O)(=O)N1C(OC)=CC(OC)=NC1C(=O)O. The number of carboxylic acids is 1. The summed E-state index contributed by atoms with van der Waals surface area (Å²) in [4.78, 5) is 14.9. The molecule has 0 aromatic carbocycles. The molecule has 19 heavy (non-hydrogen) atoms. The van der Waals surface area contributed by atoms with E-state index in [1.54, 1.807) is 6.92 Å². The summed E-state index contributed by atoms with van der Waals surface area (Å²) in [5, 5.41) is 9.12. The monoisotopic (exact) mass is 292 g/mol. The summed E-state index contributed by atoms with van der Waals surface area (Å²) in [6.07, 6.45) is -0.0400. The Morgan fingerprint density at radius 1 is 1.47 bits per heavy atom. The number of hydrogen-bond donors (Lipinski definition) is 1. The molecule has 0 spiro atoms. The molecule has 8 nitrogen and oxygen atoms in total. The molecule has 0 aromatic heterocycles. The molecule has 0 radical (unpaired) electrons. The van der Waals surface area contributed by atoms with Crippen molar-refractivity contribution in [3.63, 3.8) is 0 Å². The summed E-state index contributed by atoms with van der Waals surface area (Å²) in [6, 6.07) is 0. The van der Waals surface area contributed by atoms with Crippen LogP contribution in [0.15, 0.2) is 17.0 Å². The van der Waals surface area contributed by atoms with Crippen LogP contribution in [0.2, 0.25) is 0 Å². The van der Waals surface area contributed by atoms with E-state index < -0.39 is 22.2 Å². The smallest absolute Gasteiger partial charge is 0.350 e. The molecule has 1 rings (SSSR count). The van der Waals surface area contributed by atoms with Gasteiger partial charge in [-0.2, -0.15) is 0 Å². The minimum Gasteiger partial charge on any atom is -0.482 e. The topological polar surface area (TPSA) is 106 Å². The summed E-state index contributed by atoms with van der Waals surface area (Å²) in [7, 11) is -1.27. The number of sulfonamides is 1. The van der Waals surface area contributed by atoms with E-state index in [4.69, 9.17) is 14.6 Å². The molecule has 1 N–H and O–H groups in total. The zero-order valence-electron chi connectivity index (χ0n) is 10.9. The van der Waals surface area contributed by atoms with Gasteiger partial charge in [-0.05, 0) is 6.42 Å². The van der Waals surface area contributed by atoms with Gasteiger partial charge in [0.2, 0.25) is 28.0 Å². The second-order valence-corrected chi connectivity index (χ2v) is 5.65. The van der Waals surface area contributed by atoms with E-state index in [1.807, 2.05) is 0 Å². The lowest BCUT2D eigenvalue weighted by Gasteiger charge is -2.30. The standard InChI is InChI=1S/C10H16N2O6S/c1-4-5-19(15,16)12-8(18-3)6-7(17-2)11-9(12)10(13)14/h6,9H,4-5H2,1-3H3,(H,13,14). The number of aliphatic carboxylic acids is 1. The third-order valence-electron chi connectivity index (χ3n) is 2.34. The van der Waals surface area contributed by atoms with Crippen LogP contribution in [-0.4, -0.2) is 55.8 Å². The van der Waals surface area contributed by atoms with Crippen LogP contribution in [0.5, 0.6) is 0 Å². The molecule has 108 valence electrons. The van der Waals surface area contributed by atoms with Gasteiger partial charge in [0.05, 0.1) is 26.0 Å². The molecular formula is C10H16N2O6S. The fourth-order valence-electron chi connectivity index (χ4n) is 1.56. The Morgan fingerprint density at radius 3 is 2.53 bits per heavy atom. The lowest BCUT2D eigenvalue weighted by molar-refractivity contribution is -0.141. The van der Waals surface area contributed by atoms with Gasteiger partial charge in [0.1, 0.15) is 0 Å². The molecule has 0 fully saturated rings. The molecule has 0 saturated heterocycles. The maximum atomic E-state index is 12.1. The van der Waals surface area contributed by atoms with Crippen LogP contribution in [0.1, 0.15) is 13.3 Å². The van der Waals surface area contributed by atoms with Gasteiger partial charge in [0, 0.05) is 0 Å². The molecule has 0 bridgehead atoms. The van der Waals surface area contributed by atoms with Crippen LogP contribution in [-0.2, 0) is 24.3 Å². The fraction of sp³-hybridized carbons (Fsp3) is 0.600. The normalized spacial score (nSPS) is 19.5. The predicted octanol–water partition coefficient (Wildman–Crippen LogP) is -0.0148. The first-order valence-electron chi connectivity index (χ1n) is 5.49. The molecule has 0 aromatic rings.